The Kier molecular flexibility index (Phi) is 4.85. The van der Waals surface area contributed by atoms with Crippen LogP contribution < -0.4 is 5.32 Å². The minimum atomic E-state index is 0.0523. The van der Waals surface area contributed by atoms with Crippen LogP contribution >= 0.6 is 0 Å². The second-order valence-corrected chi connectivity index (χ2v) is 6.60. The normalized spacial score (nSPS) is 32.8. The number of hydrogen-bond donors (Lipinski definition) is 1. The first-order valence-corrected chi connectivity index (χ1v) is 7.78. The van der Waals surface area contributed by atoms with Gasteiger partial charge in [-0.1, -0.05) is 27.2 Å². The molecule has 3 unspecified atom stereocenters. The van der Waals surface area contributed by atoms with Crippen LogP contribution in [0.5, 0.6) is 0 Å². The van der Waals surface area contributed by atoms with E-state index in [4.69, 9.17) is 0 Å². The topological polar surface area (TPSA) is 35.6 Å². The van der Waals surface area contributed by atoms with Gasteiger partial charge in [-0.05, 0) is 38.3 Å². The molecule has 0 aromatic carbocycles. The largest absolute Gasteiger partial charge is 0.325 e. The molecule has 0 bridgehead atoms. The zero-order valence-corrected chi connectivity index (χ0v) is 12.9. The molecule has 4 nitrogen and oxygen atoms in total. The number of hydrogen-bond acceptors (Lipinski definition) is 3. The summed E-state index contributed by atoms with van der Waals surface area (Å²) in [7, 11) is 2.17. The molecular formula is C15H29N3O. The number of amides is 1. The third-order valence-electron chi connectivity index (χ3n) is 4.44. The molecule has 3 atom stereocenters. The fourth-order valence-corrected chi connectivity index (χ4v) is 3.41. The average Bonchev–Trinajstić information content (AvgIpc) is 2.88. The summed E-state index contributed by atoms with van der Waals surface area (Å²) in [6.07, 6.45) is 3.48. The Bertz CT molecular complexity index is 319. The quantitative estimate of drug-likeness (QED) is 0.820. The van der Waals surface area contributed by atoms with Gasteiger partial charge >= 0.3 is 0 Å². The predicted molar refractivity (Wildman–Crippen MR) is 77.8 cm³/mol. The molecule has 2 saturated heterocycles. The van der Waals surface area contributed by atoms with Gasteiger partial charge in [0.05, 0.1) is 12.2 Å². The molecule has 0 aromatic rings. The summed E-state index contributed by atoms with van der Waals surface area (Å²) < 4.78 is 0. The molecule has 2 heterocycles. The summed E-state index contributed by atoms with van der Waals surface area (Å²) >= 11 is 0. The average molecular weight is 267 g/mol. The summed E-state index contributed by atoms with van der Waals surface area (Å²) in [5, 5.41) is 3.54. The first-order valence-electron chi connectivity index (χ1n) is 7.78. The van der Waals surface area contributed by atoms with Crippen molar-refractivity contribution in [1.82, 2.24) is 15.1 Å². The summed E-state index contributed by atoms with van der Waals surface area (Å²) in [6, 6.07) is 0.0523. The van der Waals surface area contributed by atoms with Gasteiger partial charge in [-0.3, -0.25) is 10.1 Å². The van der Waals surface area contributed by atoms with E-state index in [1.165, 1.54) is 13.0 Å². The van der Waals surface area contributed by atoms with Crippen molar-refractivity contribution in [3.05, 3.63) is 0 Å². The van der Waals surface area contributed by atoms with E-state index < -0.39 is 0 Å². The highest BCUT2D eigenvalue weighted by Gasteiger charge is 2.40. The fourth-order valence-electron chi connectivity index (χ4n) is 3.41. The number of nitrogens with zero attached hydrogens (tertiary/aromatic N) is 2. The van der Waals surface area contributed by atoms with E-state index in [0.29, 0.717) is 17.7 Å². The third-order valence-corrected chi connectivity index (χ3v) is 4.44. The van der Waals surface area contributed by atoms with Gasteiger partial charge in [0.15, 0.2) is 0 Å². The van der Waals surface area contributed by atoms with Gasteiger partial charge in [-0.15, -0.1) is 0 Å². The molecule has 110 valence electrons. The minimum Gasteiger partial charge on any atom is -0.325 e. The number of likely N-dealkylation sites (tertiary alicyclic amines) is 1. The van der Waals surface area contributed by atoms with Crippen molar-refractivity contribution >= 4 is 5.91 Å². The van der Waals surface area contributed by atoms with Gasteiger partial charge in [0.2, 0.25) is 5.91 Å². The fraction of sp³-hybridized carbons (Fsp3) is 0.933. The van der Waals surface area contributed by atoms with E-state index in [0.717, 1.165) is 25.9 Å². The lowest BCUT2D eigenvalue weighted by atomic mass is 10.1. The van der Waals surface area contributed by atoms with E-state index in [9.17, 15) is 4.79 Å². The maximum Gasteiger partial charge on any atom is 0.241 e. The van der Waals surface area contributed by atoms with E-state index in [1.54, 1.807) is 0 Å². The van der Waals surface area contributed by atoms with Gasteiger partial charge in [-0.2, -0.15) is 0 Å². The number of rotatable bonds is 5. The molecule has 1 N–H and O–H groups in total. The molecular weight excluding hydrogens is 238 g/mol. The van der Waals surface area contributed by atoms with E-state index >= 15 is 0 Å². The van der Waals surface area contributed by atoms with Crippen LogP contribution in [-0.4, -0.2) is 54.6 Å². The standard InChI is InChI=1S/C15H29N3O/c1-5-6-13-15(19)18(14(16-13)11(2)3)10-12-7-8-17(4)9-12/h11-14,16H,5-10H2,1-4H3. The Morgan fingerprint density at radius 1 is 1.42 bits per heavy atom. The van der Waals surface area contributed by atoms with Gasteiger partial charge < -0.3 is 9.80 Å². The molecule has 2 aliphatic heterocycles. The Morgan fingerprint density at radius 3 is 2.68 bits per heavy atom. The van der Waals surface area contributed by atoms with Crippen LogP contribution in [-0.2, 0) is 4.79 Å². The first kappa shape index (κ1) is 14.8. The highest BCUT2D eigenvalue weighted by molar-refractivity contribution is 5.84. The predicted octanol–water partition coefficient (Wildman–Crippen LogP) is 1.52. The van der Waals surface area contributed by atoms with E-state index in [1.807, 2.05) is 0 Å². The molecule has 0 spiro atoms. The van der Waals surface area contributed by atoms with Gasteiger partial charge in [-0.25, -0.2) is 0 Å². The van der Waals surface area contributed by atoms with Crippen LogP contribution in [0.3, 0.4) is 0 Å². The number of carbonyl (C=O) groups excluding carboxylic acids is 1. The Balaban J connectivity index is 2.00. The van der Waals surface area contributed by atoms with Crippen LogP contribution in [0, 0.1) is 11.8 Å². The van der Waals surface area contributed by atoms with Gasteiger partial charge in [0.1, 0.15) is 0 Å². The zero-order chi connectivity index (χ0) is 14.0. The lowest BCUT2D eigenvalue weighted by molar-refractivity contribution is -0.131. The van der Waals surface area contributed by atoms with Crippen molar-refractivity contribution < 1.29 is 4.79 Å². The molecule has 2 rings (SSSR count). The maximum atomic E-state index is 12.5. The zero-order valence-electron chi connectivity index (χ0n) is 12.9. The summed E-state index contributed by atoms with van der Waals surface area (Å²) in [4.78, 5) is 17.0. The highest BCUT2D eigenvalue weighted by Crippen LogP contribution is 2.24. The smallest absolute Gasteiger partial charge is 0.241 e. The van der Waals surface area contributed by atoms with Crippen molar-refractivity contribution in [2.45, 2.75) is 52.2 Å². The van der Waals surface area contributed by atoms with Crippen molar-refractivity contribution in [2.75, 3.05) is 26.7 Å². The molecule has 4 heteroatoms. The molecule has 2 aliphatic rings. The second-order valence-electron chi connectivity index (χ2n) is 6.60. The first-order chi connectivity index (χ1) is 9.02. The molecule has 0 saturated carbocycles. The van der Waals surface area contributed by atoms with Crippen molar-refractivity contribution in [3.8, 4) is 0 Å². The van der Waals surface area contributed by atoms with Gasteiger partial charge in [0, 0.05) is 13.1 Å². The lowest BCUT2D eigenvalue weighted by Gasteiger charge is -2.29. The van der Waals surface area contributed by atoms with E-state index in [2.05, 4.69) is 42.9 Å². The Labute approximate surface area is 117 Å². The van der Waals surface area contributed by atoms with E-state index in [-0.39, 0.29) is 12.2 Å². The van der Waals surface area contributed by atoms with Crippen LogP contribution in [0.4, 0.5) is 0 Å². The Morgan fingerprint density at radius 2 is 2.16 bits per heavy atom. The van der Waals surface area contributed by atoms with Gasteiger partial charge in [0.25, 0.3) is 0 Å². The van der Waals surface area contributed by atoms with Crippen LogP contribution in [0.25, 0.3) is 0 Å². The molecule has 0 radical (unpaired) electrons. The Hall–Kier alpha value is -0.610. The second kappa shape index (κ2) is 6.23. The van der Waals surface area contributed by atoms with Crippen LogP contribution in [0.15, 0.2) is 0 Å². The van der Waals surface area contributed by atoms with Crippen molar-refractivity contribution in [1.29, 1.82) is 0 Å². The summed E-state index contributed by atoms with van der Waals surface area (Å²) in [6.45, 7) is 9.78. The molecule has 1 amide bonds. The summed E-state index contributed by atoms with van der Waals surface area (Å²) in [5.41, 5.74) is 0. The molecule has 0 aliphatic carbocycles. The van der Waals surface area contributed by atoms with Crippen molar-refractivity contribution in [3.63, 3.8) is 0 Å². The molecule has 19 heavy (non-hydrogen) atoms. The van der Waals surface area contributed by atoms with Crippen molar-refractivity contribution in [2.24, 2.45) is 11.8 Å². The molecule has 2 fully saturated rings. The molecule has 0 aromatic heterocycles. The van der Waals surface area contributed by atoms with Crippen LogP contribution in [0.1, 0.15) is 40.0 Å². The lowest BCUT2D eigenvalue weighted by Crippen LogP contribution is -2.44. The number of nitrogens with one attached hydrogen (secondary N) is 1. The highest BCUT2D eigenvalue weighted by atomic mass is 16.2. The summed E-state index contributed by atoms with van der Waals surface area (Å²) in [5.74, 6) is 1.46. The number of carbonyl (C=O) groups is 1. The minimum absolute atomic E-state index is 0.0523. The SMILES string of the molecule is CCCC1NC(C(C)C)N(CC2CCN(C)C2)C1=O. The third kappa shape index (κ3) is 3.29. The maximum absolute atomic E-state index is 12.5. The van der Waals surface area contributed by atoms with Crippen LogP contribution in [0.2, 0.25) is 0 Å². The monoisotopic (exact) mass is 267 g/mol.